The molecule has 2 amide bonds. The highest BCUT2D eigenvalue weighted by molar-refractivity contribution is 5.75. The van der Waals surface area contributed by atoms with Gasteiger partial charge in [0.05, 0.1) is 18.8 Å². The number of aliphatic hydroxyl groups excluding tert-OH is 2. The highest BCUT2D eigenvalue weighted by Crippen LogP contribution is 2.23. The molecule has 0 aromatic heterocycles. The van der Waals surface area contributed by atoms with Gasteiger partial charge < -0.3 is 20.4 Å². The molecule has 0 bridgehead atoms. The molecule has 0 saturated carbocycles. The van der Waals surface area contributed by atoms with E-state index < -0.39 is 6.10 Å². The molecule has 3 rings (SSSR count). The minimum absolute atomic E-state index is 0.0744. The molecular weight excluding hydrogens is 318 g/mol. The topological polar surface area (TPSA) is 76.0 Å². The number of benzene rings is 1. The average molecular weight is 347 g/mol. The predicted octanol–water partition coefficient (Wildman–Crippen LogP) is 1.03. The van der Waals surface area contributed by atoms with Crippen molar-refractivity contribution in [2.75, 3.05) is 26.2 Å². The van der Waals surface area contributed by atoms with Crippen molar-refractivity contribution in [1.29, 1.82) is 0 Å². The lowest BCUT2D eigenvalue weighted by Crippen LogP contribution is -2.49. The second kappa shape index (κ2) is 8.17. The third-order valence-corrected chi connectivity index (χ3v) is 5.48. The smallest absolute Gasteiger partial charge is 0.318 e. The highest BCUT2D eigenvalue weighted by atomic mass is 16.3. The van der Waals surface area contributed by atoms with Gasteiger partial charge in [-0.25, -0.2) is 4.79 Å². The summed E-state index contributed by atoms with van der Waals surface area (Å²) in [4.78, 5) is 16.5. The number of carbonyl (C=O) groups is 1. The van der Waals surface area contributed by atoms with Crippen LogP contribution in [0.4, 0.5) is 4.79 Å². The quantitative estimate of drug-likeness (QED) is 0.744. The van der Waals surface area contributed by atoms with Gasteiger partial charge in [0.15, 0.2) is 0 Å². The molecule has 3 N–H and O–H groups in total. The minimum atomic E-state index is -0.536. The van der Waals surface area contributed by atoms with E-state index in [1.54, 1.807) is 4.90 Å². The minimum Gasteiger partial charge on any atom is -0.394 e. The number of β-amino-alcohol motifs (C(OH)–C–C–N with tert-alkyl or cyclic N) is 1. The van der Waals surface area contributed by atoms with Crippen molar-refractivity contribution in [3.63, 3.8) is 0 Å². The van der Waals surface area contributed by atoms with Gasteiger partial charge in [-0.2, -0.15) is 0 Å². The number of amides is 2. The van der Waals surface area contributed by atoms with Crippen LogP contribution in [0.3, 0.4) is 0 Å². The average Bonchev–Trinajstić information content (AvgIpc) is 3.22. The van der Waals surface area contributed by atoms with Gasteiger partial charge in [-0.05, 0) is 37.8 Å². The van der Waals surface area contributed by atoms with Crippen molar-refractivity contribution in [2.24, 2.45) is 5.92 Å². The van der Waals surface area contributed by atoms with Crippen LogP contribution in [0.15, 0.2) is 30.3 Å². The van der Waals surface area contributed by atoms with Crippen molar-refractivity contribution in [1.82, 2.24) is 15.1 Å². The zero-order valence-corrected chi connectivity index (χ0v) is 14.8. The van der Waals surface area contributed by atoms with Crippen molar-refractivity contribution >= 4 is 6.03 Å². The molecule has 2 heterocycles. The molecule has 138 valence electrons. The Hall–Kier alpha value is -1.63. The summed E-state index contributed by atoms with van der Waals surface area (Å²) in [7, 11) is 0. The van der Waals surface area contributed by atoms with Gasteiger partial charge in [0, 0.05) is 25.7 Å². The Labute approximate surface area is 149 Å². The molecule has 1 aromatic rings. The lowest BCUT2D eigenvalue weighted by molar-refractivity contribution is 0.150. The first-order valence-corrected chi connectivity index (χ1v) is 9.19. The van der Waals surface area contributed by atoms with Crippen LogP contribution in [0.25, 0.3) is 0 Å². The molecule has 0 radical (unpaired) electrons. The summed E-state index contributed by atoms with van der Waals surface area (Å²) in [5.41, 5.74) is 1.32. The first kappa shape index (κ1) is 18.2. The summed E-state index contributed by atoms with van der Waals surface area (Å²) in [5.74, 6) is 0.424. The number of likely N-dealkylation sites (tertiary alicyclic amines) is 2. The number of hydrogen-bond donors (Lipinski definition) is 3. The number of rotatable bonds is 5. The molecule has 1 aromatic carbocycles. The van der Waals surface area contributed by atoms with Crippen LogP contribution in [0.5, 0.6) is 0 Å². The maximum absolute atomic E-state index is 12.5. The second-order valence-corrected chi connectivity index (χ2v) is 7.39. The second-order valence-electron chi connectivity index (χ2n) is 7.39. The summed E-state index contributed by atoms with van der Waals surface area (Å²) in [6, 6.07) is 10.1. The number of aliphatic hydroxyl groups is 2. The van der Waals surface area contributed by atoms with Crippen LogP contribution in [0.1, 0.15) is 25.3 Å². The molecule has 2 saturated heterocycles. The fourth-order valence-corrected chi connectivity index (χ4v) is 3.97. The molecule has 25 heavy (non-hydrogen) atoms. The molecule has 2 aliphatic heterocycles. The van der Waals surface area contributed by atoms with Crippen LogP contribution in [0.2, 0.25) is 0 Å². The van der Waals surface area contributed by atoms with Crippen LogP contribution in [-0.2, 0) is 6.54 Å². The Kier molecular flexibility index (Phi) is 5.93. The van der Waals surface area contributed by atoms with Crippen molar-refractivity contribution < 1.29 is 15.0 Å². The number of urea groups is 1. The van der Waals surface area contributed by atoms with Gasteiger partial charge in [0.2, 0.25) is 0 Å². The van der Waals surface area contributed by atoms with E-state index in [0.29, 0.717) is 18.9 Å². The van der Waals surface area contributed by atoms with E-state index in [0.717, 1.165) is 26.1 Å². The van der Waals surface area contributed by atoms with Gasteiger partial charge in [-0.15, -0.1) is 0 Å². The van der Waals surface area contributed by atoms with Gasteiger partial charge in [0.1, 0.15) is 0 Å². The molecule has 0 spiro atoms. The van der Waals surface area contributed by atoms with Crippen molar-refractivity contribution in [3.8, 4) is 0 Å². The van der Waals surface area contributed by atoms with Gasteiger partial charge in [-0.1, -0.05) is 30.3 Å². The lowest BCUT2D eigenvalue weighted by Gasteiger charge is -2.28. The van der Waals surface area contributed by atoms with E-state index >= 15 is 0 Å². The van der Waals surface area contributed by atoms with E-state index in [2.05, 4.69) is 41.4 Å². The maximum Gasteiger partial charge on any atom is 0.318 e. The summed E-state index contributed by atoms with van der Waals surface area (Å²) in [5, 5.41) is 22.2. The molecule has 2 unspecified atom stereocenters. The van der Waals surface area contributed by atoms with E-state index in [9.17, 15) is 15.0 Å². The monoisotopic (exact) mass is 347 g/mol. The summed E-state index contributed by atoms with van der Waals surface area (Å²) in [6.07, 6.45) is 0.985. The van der Waals surface area contributed by atoms with E-state index in [-0.39, 0.29) is 24.7 Å². The highest BCUT2D eigenvalue weighted by Gasteiger charge is 2.35. The number of carbonyl (C=O) groups excluding carboxylic acids is 1. The zero-order chi connectivity index (χ0) is 17.8. The number of nitrogens with zero attached hydrogens (tertiary/aromatic N) is 2. The Morgan fingerprint density at radius 3 is 2.80 bits per heavy atom. The maximum atomic E-state index is 12.5. The number of hydrogen-bond acceptors (Lipinski definition) is 4. The van der Waals surface area contributed by atoms with Crippen LogP contribution in [0, 0.1) is 5.92 Å². The van der Waals surface area contributed by atoms with Gasteiger partial charge >= 0.3 is 6.03 Å². The van der Waals surface area contributed by atoms with E-state index in [4.69, 9.17) is 0 Å². The third-order valence-electron chi connectivity index (χ3n) is 5.48. The molecule has 2 aliphatic rings. The molecule has 2 fully saturated rings. The van der Waals surface area contributed by atoms with Gasteiger partial charge in [0.25, 0.3) is 0 Å². The van der Waals surface area contributed by atoms with E-state index in [1.165, 1.54) is 5.56 Å². The molecule has 6 nitrogen and oxygen atoms in total. The summed E-state index contributed by atoms with van der Waals surface area (Å²) < 4.78 is 0. The molecular formula is C19H29N3O3. The standard InChI is InChI=1S/C19H29N3O3/c1-14(20-19(25)22-12-18(24)9-17(22)13-23)16-7-8-21(11-16)10-15-5-3-2-4-6-15/h2-6,14,16-18,23-24H,7-13H2,1H3,(H,20,25)/t14?,16?,17-,18-/m0/s1. The van der Waals surface area contributed by atoms with Crippen LogP contribution in [-0.4, -0.2) is 70.5 Å². The SMILES string of the molecule is CC(NC(=O)N1C[C@@H](O)C[C@H]1CO)C1CCN(Cc2ccccc2)C1. The van der Waals surface area contributed by atoms with E-state index in [1.807, 2.05) is 6.07 Å². The summed E-state index contributed by atoms with van der Waals surface area (Å²) in [6.45, 7) is 5.21. The molecule has 4 atom stereocenters. The summed E-state index contributed by atoms with van der Waals surface area (Å²) >= 11 is 0. The third kappa shape index (κ3) is 4.51. The zero-order valence-electron chi connectivity index (χ0n) is 14.8. The lowest BCUT2D eigenvalue weighted by atomic mass is 10.0. The van der Waals surface area contributed by atoms with Crippen LogP contribution < -0.4 is 5.32 Å². The molecule has 0 aliphatic carbocycles. The first-order chi connectivity index (χ1) is 12.1. The number of nitrogens with one attached hydrogen (secondary N) is 1. The largest absolute Gasteiger partial charge is 0.394 e. The Morgan fingerprint density at radius 2 is 2.08 bits per heavy atom. The fraction of sp³-hybridized carbons (Fsp3) is 0.632. The van der Waals surface area contributed by atoms with Crippen molar-refractivity contribution in [3.05, 3.63) is 35.9 Å². The Balaban J connectivity index is 1.49. The van der Waals surface area contributed by atoms with Crippen LogP contribution >= 0.6 is 0 Å². The Bertz CT molecular complexity index is 568. The van der Waals surface area contributed by atoms with Crippen molar-refractivity contribution in [2.45, 2.75) is 44.5 Å². The van der Waals surface area contributed by atoms with Gasteiger partial charge in [-0.3, -0.25) is 4.90 Å². The first-order valence-electron chi connectivity index (χ1n) is 9.19. The Morgan fingerprint density at radius 1 is 1.32 bits per heavy atom. The fourth-order valence-electron chi connectivity index (χ4n) is 3.97. The normalized spacial score (nSPS) is 28.3. The molecule has 6 heteroatoms. The predicted molar refractivity (Wildman–Crippen MR) is 96.0 cm³/mol.